The fraction of sp³-hybridized carbons (Fsp3) is 0.364. The van der Waals surface area contributed by atoms with Crippen LogP contribution in [0.4, 0.5) is 5.69 Å². The number of carbonyl (C=O) groups excluding carboxylic acids is 2. The molecule has 2 aliphatic rings. The van der Waals surface area contributed by atoms with Crippen molar-refractivity contribution in [2.45, 2.75) is 44.7 Å². The van der Waals surface area contributed by atoms with Gasteiger partial charge in [-0.25, -0.2) is 0 Å². The van der Waals surface area contributed by atoms with Crippen molar-refractivity contribution in [1.82, 2.24) is 5.32 Å². The van der Waals surface area contributed by atoms with Crippen molar-refractivity contribution in [3.63, 3.8) is 0 Å². The Balaban J connectivity index is 1.56. The van der Waals surface area contributed by atoms with E-state index in [0.717, 1.165) is 18.4 Å². The minimum absolute atomic E-state index is 0.0213. The molecule has 0 aromatic heterocycles. The molecule has 2 aromatic rings. The minimum Gasteiger partial charge on any atom is -0.482 e. The second-order valence-corrected chi connectivity index (χ2v) is 7.25. The van der Waals surface area contributed by atoms with Crippen molar-refractivity contribution in [2.75, 3.05) is 11.5 Å². The summed E-state index contributed by atoms with van der Waals surface area (Å²) in [4.78, 5) is 26.8. The quantitative estimate of drug-likeness (QED) is 0.900. The van der Waals surface area contributed by atoms with Gasteiger partial charge in [0.2, 0.25) is 0 Å². The van der Waals surface area contributed by atoms with E-state index >= 15 is 0 Å². The molecule has 1 heterocycles. The fourth-order valence-electron chi connectivity index (χ4n) is 3.80. The summed E-state index contributed by atoms with van der Waals surface area (Å²) in [6.07, 6.45) is 5.67. The molecular formula is C22H24N2O3. The summed E-state index contributed by atoms with van der Waals surface area (Å²) in [6.45, 7) is 0.483. The third-order valence-electron chi connectivity index (χ3n) is 5.29. The Labute approximate surface area is 159 Å². The molecule has 0 saturated heterocycles. The molecule has 1 aliphatic heterocycles. The van der Waals surface area contributed by atoms with Crippen molar-refractivity contribution in [2.24, 2.45) is 0 Å². The number of carbonyl (C=O) groups is 2. The van der Waals surface area contributed by atoms with Gasteiger partial charge >= 0.3 is 0 Å². The summed E-state index contributed by atoms with van der Waals surface area (Å²) in [5, 5.41) is 3.13. The van der Waals surface area contributed by atoms with E-state index in [1.54, 1.807) is 23.1 Å². The van der Waals surface area contributed by atoms with Crippen LogP contribution >= 0.6 is 0 Å². The highest BCUT2D eigenvalue weighted by Gasteiger charge is 2.27. The fourth-order valence-corrected chi connectivity index (χ4v) is 3.80. The Morgan fingerprint density at radius 3 is 2.63 bits per heavy atom. The number of anilines is 1. The van der Waals surface area contributed by atoms with E-state index in [-0.39, 0.29) is 24.5 Å². The summed E-state index contributed by atoms with van der Waals surface area (Å²) in [7, 11) is 0. The monoisotopic (exact) mass is 364 g/mol. The Morgan fingerprint density at radius 1 is 1.07 bits per heavy atom. The van der Waals surface area contributed by atoms with Crippen LogP contribution in [-0.2, 0) is 11.3 Å². The van der Waals surface area contributed by atoms with E-state index in [1.807, 2.05) is 30.3 Å². The van der Waals surface area contributed by atoms with Gasteiger partial charge in [0, 0.05) is 11.6 Å². The van der Waals surface area contributed by atoms with Crippen LogP contribution in [0, 0.1) is 0 Å². The zero-order valence-electron chi connectivity index (χ0n) is 15.3. The zero-order valence-corrected chi connectivity index (χ0v) is 15.3. The van der Waals surface area contributed by atoms with Crippen LogP contribution in [0.1, 0.15) is 48.0 Å². The van der Waals surface area contributed by atoms with E-state index in [1.165, 1.54) is 19.3 Å². The second kappa shape index (κ2) is 7.82. The summed E-state index contributed by atoms with van der Waals surface area (Å²) < 4.78 is 5.57. The molecule has 2 amide bonds. The highest BCUT2D eigenvalue weighted by Crippen LogP contribution is 2.34. The summed E-state index contributed by atoms with van der Waals surface area (Å²) >= 11 is 0. The Morgan fingerprint density at radius 2 is 1.85 bits per heavy atom. The molecule has 4 rings (SSSR count). The molecule has 27 heavy (non-hydrogen) atoms. The molecule has 0 unspecified atom stereocenters. The molecule has 1 fully saturated rings. The number of rotatable bonds is 4. The number of hydrogen-bond donors (Lipinski definition) is 1. The molecule has 0 spiro atoms. The number of hydrogen-bond acceptors (Lipinski definition) is 3. The van der Waals surface area contributed by atoms with Gasteiger partial charge in [-0.2, -0.15) is 0 Å². The SMILES string of the molecule is O=C(NC1CCCCC1)c1ccc2c(c1)N(Cc1ccccc1)C(=O)CO2. The van der Waals surface area contributed by atoms with Crippen molar-refractivity contribution in [1.29, 1.82) is 0 Å². The minimum atomic E-state index is -0.101. The second-order valence-electron chi connectivity index (χ2n) is 7.25. The first kappa shape index (κ1) is 17.6. The summed E-state index contributed by atoms with van der Waals surface area (Å²) in [5.74, 6) is 0.457. The van der Waals surface area contributed by atoms with Crippen LogP contribution in [0.25, 0.3) is 0 Å². The third kappa shape index (κ3) is 3.97. The van der Waals surface area contributed by atoms with Crippen LogP contribution in [-0.4, -0.2) is 24.5 Å². The smallest absolute Gasteiger partial charge is 0.265 e. The molecule has 1 N–H and O–H groups in total. The van der Waals surface area contributed by atoms with Crippen molar-refractivity contribution >= 4 is 17.5 Å². The predicted octanol–water partition coefficient (Wildman–Crippen LogP) is 3.67. The highest BCUT2D eigenvalue weighted by molar-refractivity contribution is 6.01. The summed E-state index contributed by atoms with van der Waals surface area (Å²) in [5.41, 5.74) is 2.26. The van der Waals surface area contributed by atoms with Crippen LogP contribution in [0.3, 0.4) is 0 Å². The lowest BCUT2D eigenvalue weighted by Crippen LogP contribution is -2.39. The predicted molar refractivity (Wildman–Crippen MR) is 104 cm³/mol. The van der Waals surface area contributed by atoms with Gasteiger partial charge in [-0.3, -0.25) is 9.59 Å². The number of nitrogens with one attached hydrogen (secondary N) is 1. The average molecular weight is 364 g/mol. The molecule has 5 heteroatoms. The topological polar surface area (TPSA) is 58.6 Å². The maximum absolute atomic E-state index is 12.7. The van der Waals surface area contributed by atoms with Crippen molar-refractivity contribution < 1.29 is 14.3 Å². The Hall–Kier alpha value is -2.82. The van der Waals surface area contributed by atoms with E-state index in [0.29, 0.717) is 23.5 Å². The zero-order chi connectivity index (χ0) is 18.6. The van der Waals surface area contributed by atoms with E-state index in [4.69, 9.17) is 4.74 Å². The van der Waals surface area contributed by atoms with Gasteiger partial charge in [0.05, 0.1) is 12.2 Å². The van der Waals surface area contributed by atoms with E-state index in [9.17, 15) is 9.59 Å². The highest BCUT2D eigenvalue weighted by atomic mass is 16.5. The number of fused-ring (bicyclic) bond motifs is 1. The lowest BCUT2D eigenvalue weighted by Gasteiger charge is -2.30. The molecule has 0 radical (unpaired) electrons. The lowest BCUT2D eigenvalue weighted by atomic mass is 9.95. The van der Waals surface area contributed by atoms with E-state index < -0.39 is 0 Å². The van der Waals surface area contributed by atoms with Crippen LogP contribution in [0.5, 0.6) is 5.75 Å². The first-order valence-corrected chi connectivity index (χ1v) is 9.63. The average Bonchev–Trinajstić information content (AvgIpc) is 2.71. The molecule has 0 atom stereocenters. The molecule has 140 valence electrons. The van der Waals surface area contributed by atoms with Crippen LogP contribution < -0.4 is 15.0 Å². The molecule has 5 nitrogen and oxygen atoms in total. The number of ether oxygens (including phenoxy) is 1. The van der Waals surface area contributed by atoms with Gasteiger partial charge in [0.1, 0.15) is 5.75 Å². The van der Waals surface area contributed by atoms with Gasteiger partial charge in [0.25, 0.3) is 11.8 Å². The Bertz CT molecular complexity index is 829. The number of benzene rings is 2. The number of nitrogens with zero attached hydrogens (tertiary/aromatic N) is 1. The van der Waals surface area contributed by atoms with Gasteiger partial charge in [0.15, 0.2) is 6.61 Å². The largest absolute Gasteiger partial charge is 0.482 e. The molecule has 1 aliphatic carbocycles. The van der Waals surface area contributed by atoms with Gasteiger partial charge in [-0.05, 0) is 36.6 Å². The lowest BCUT2D eigenvalue weighted by molar-refractivity contribution is -0.121. The van der Waals surface area contributed by atoms with Crippen LogP contribution in [0.2, 0.25) is 0 Å². The molecule has 0 bridgehead atoms. The Kier molecular flexibility index (Phi) is 5.10. The summed E-state index contributed by atoms with van der Waals surface area (Å²) in [6, 6.07) is 15.4. The number of amides is 2. The van der Waals surface area contributed by atoms with E-state index in [2.05, 4.69) is 5.32 Å². The maximum Gasteiger partial charge on any atom is 0.265 e. The van der Waals surface area contributed by atoms with Crippen LogP contribution in [0.15, 0.2) is 48.5 Å². The third-order valence-corrected chi connectivity index (χ3v) is 5.29. The van der Waals surface area contributed by atoms with Crippen molar-refractivity contribution in [3.8, 4) is 5.75 Å². The first-order valence-electron chi connectivity index (χ1n) is 9.63. The normalized spacial score (nSPS) is 17.2. The van der Waals surface area contributed by atoms with Gasteiger partial charge < -0.3 is 15.0 Å². The first-order chi connectivity index (χ1) is 13.2. The van der Waals surface area contributed by atoms with Gasteiger partial charge in [-0.15, -0.1) is 0 Å². The molecule has 1 saturated carbocycles. The van der Waals surface area contributed by atoms with Crippen molar-refractivity contribution in [3.05, 3.63) is 59.7 Å². The molecular weight excluding hydrogens is 340 g/mol. The van der Waals surface area contributed by atoms with Gasteiger partial charge in [-0.1, -0.05) is 49.6 Å². The maximum atomic E-state index is 12.7. The molecule has 2 aromatic carbocycles. The standard InChI is InChI=1S/C22H24N2O3/c25-21-15-27-20-12-11-17(22(26)23-18-9-5-2-6-10-18)13-19(20)24(21)14-16-7-3-1-4-8-16/h1,3-4,7-8,11-13,18H,2,5-6,9-10,14-15H2,(H,23,26).